The summed E-state index contributed by atoms with van der Waals surface area (Å²) in [6.45, 7) is 7.01. The topological polar surface area (TPSA) is 172 Å². The van der Waals surface area contributed by atoms with Gasteiger partial charge in [0.25, 0.3) is 0 Å². The van der Waals surface area contributed by atoms with E-state index in [-0.39, 0.29) is 47.3 Å². The number of benzene rings is 6. The number of morpholine rings is 2. The number of carbonyl (C=O) groups is 2. The normalized spacial score (nSPS) is 18.2. The van der Waals surface area contributed by atoms with E-state index in [9.17, 15) is 26.4 Å². The van der Waals surface area contributed by atoms with E-state index < -0.39 is 26.2 Å². The Kier molecular flexibility index (Phi) is 15.6. The van der Waals surface area contributed by atoms with Gasteiger partial charge in [-0.25, -0.2) is 16.8 Å². The second-order valence-corrected chi connectivity index (χ2v) is 26.5. The minimum atomic E-state index is -4.07. The third-order valence-corrected chi connectivity index (χ3v) is 20.3. The Morgan fingerprint density at radius 3 is 1.56 bits per heavy atom. The number of hydrogen-bond acceptors (Lipinski definition) is 10. The highest BCUT2D eigenvalue weighted by Crippen LogP contribution is 2.39. The van der Waals surface area contributed by atoms with Gasteiger partial charge in [0.05, 0.1) is 49.2 Å². The molecule has 6 aromatic carbocycles. The van der Waals surface area contributed by atoms with Crippen molar-refractivity contribution in [3.8, 4) is 22.5 Å². The lowest BCUT2D eigenvalue weighted by Gasteiger charge is -2.34. The summed E-state index contributed by atoms with van der Waals surface area (Å²) < 4.78 is 71.7. The summed E-state index contributed by atoms with van der Waals surface area (Å²) in [5.74, 6) is -0.572. The van der Waals surface area contributed by atoms with E-state index in [1.54, 1.807) is 34.1 Å². The summed E-state index contributed by atoms with van der Waals surface area (Å²) in [5, 5.41) is 2.03. The summed E-state index contributed by atoms with van der Waals surface area (Å²) >= 11 is 0. The van der Waals surface area contributed by atoms with Gasteiger partial charge in [-0.2, -0.15) is 8.61 Å². The molecular weight excluding hydrogens is 1070 g/mol. The summed E-state index contributed by atoms with van der Waals surface area (Å²) in [6, 6.07) is 45.2. The molecule has 4 saturated heterocycles. The average Bonchev–Trinajstić information content (AvgIpc) is 4.39. The molecule has 12 rings (SSSR count). The number of ether oxygens (including phenoxy) is 2. The van der Waals surface area contributed by atoms with Crippen LogP contribution in [0.25, 0.3) is 44.3 Å². The number of aromatic nitrogens is 2. The van der Waals surface area contributed by atoms with Crippen molar-refractivity contribution in [2.45, 2.75) is 61.0 Å². The standard InChI is InChI=1S/C64H70N8O8S2/c1-44-16-18-48-36-57(65-55(48)32-44)53-38-51(20-22-59(53)69-24-7-8-25-69)81(75,76)68(3)43-64(74)72-29-31-80-62(41-72)50-15-11-12-45(34-50)33-46-17-19-49-37-58(66-56(49)35-46)54-39-52(21-23-60(54)70-26-9-10-27-70)82(77,78)67(2)42-63(73)71-28-30-79-61(40-71)47-13-5-4-6-14-47/h4-6,11-23,32,34-39,61-62,65-66H,7-10,24-31,33,40-43H2,1-3H3/t61-,62+/m1/s1. The second-order valence-electron chi connectivity index (χ2n) is 22.4. The van der Waals surface area contributed by atoms with Crippen LogP contribution >= 0.6 is 0 Å². The molecule has 2 N–H and O–H groups in total. The first-order valence-electron chi connectivity index (χ1n) is 28.5. The van der Waals surface area contributed by atoms with Gasteiger partial charge in [0, 0.05) is 109 Å². The number of nitrogens with one attached hydrogen (secondary N) is 2. The molecule has 6 heterocycles. The van der Waals surface area contributed by atoms with Crippen molar-refractivity contribution < 1.29 is 35.9 Å². The molecule has 0 unspecified atom stereocenters. The lowest BCUT2D eigenvalue weighted by Crippen LogP contribution is -2.47. The Morgan fingerprint density at radius 2 is 1.01 bits per heavy atom. The van der Waals surface area contributed by atoms with Crippen LogP contribution in [0.2, 0.25) is 0 Å². The van der Waals surface area contributed by atoms with E-state index in [1.807, 2.05) is 61.5 Å². The fourth-order valence-corrected chi connectivity index (χ4v) is 14.4. The maximum Gasteiger partial charge on any atom is 0.243 e. The van der Waals surface area contributed by atoms with Crippen LogP contribution in [0, 0.1) is 6.92 Å². The number of likely N-dealkylation sites (N-methyl/N-ethyl adjacent to an activating group) is 2. The molecule has 18 heteroatoms. The van der Waals surface area contributed by atoms with Crippen LogP contribution < -0.4 is 9.80 Å². The number of H-pyrrole nitrogens is 2. The van der Waals surface area contributed by atoms with Gasteiger partial charge in [-0.05, 0) is 128 Å². The molecule has 8 aromatic rings. The monoisotopic (exact) mass is 1140 g/mol. The number of fused-ring (bicyclic) bond motifs is 2. The first-order valence-corrected chi connectivity index (χ1v) is 31.4. The molecule has 0 aliphatic carbocycles. The molecule has 0 spiro atoms. The molecule has 4 aliphatic rings. The molecule has 426 valence electrons. The highest BCUT2D eigenvalue weighted by molar-refractivity contribution is 7.89. The van der Waals surface area contributed by atoms with Gasteiger partial charge in [-0.15, -0.1) is 0 Å². The van der Waals surface area contributed by atoms with Gasteiger partial charge in [-0.1, -0.05) is 78.9 Å². The van der Waals surface area contributed by atoms with Crippen LogP contribution in [0.3, 0.4) is 0 Å². The maximum atomic E-state index is 14.3. The van der Waals surface area contributed by atoms with Crippen molar-refractivity contribution in [1.82, 2.24) is 28.4 Å². The van der Waals surface area contributed by atoms with Gasteiger partial charge in [0.2, 0.25) is 31.9 Å². The van der Waals surface area contributed by atoms with Crippen molar-refractivity contribution in [3.63, 3.8) is 0 Å². The quantitative estimate of drug-likeness (QED) is 0.0950. The van der Waals surface area contributed by atoms with Crippen molar-refractivity contribution in [3.05, 3.63) is 167 Å². The Hall–Kier alpha value is -7.32. The number of nitrogens with zero attached hydrogens (tertiary/aromatic N) is 6. The maximum absolute atomic E-state index is 14.3. The highest BCUT2D eigenvalue weighted by Gasteiger charge is 2.33. The van der Waals surface area contributed by atoms with E-state index in [4.69, 9.17) is 9.47 Å². The molecule has 4 fully saturated rings. The number of anilines is 2. The molecular formula is C64H70N8O8S2. The summed E-state index contributed by atoms with van der Waals surface area (Å²) in [6.07, 6.45) is 4.18. The fraction of sp³-hybridized carbons (Fsp3) is 0.344. The third-order valence-electron chi connectivity index (χ3n) is 16.7. The zero-order chi connectivity index (χ0) is 56.7. The van der Waals surface area contributed by atoms with Gasteiger partial charge in [0.15, 0.2) is 0 Å². The largest absolute Gasteiger partial charge is 0.371 e. The SMILES string of the molecule is Cc1ccc2cc(-c3cc(S(=O)(=O)N(C)CC(=O)N4CCO[C@H](c5cccc(Cc6ccc7cc(-c8cc(S(=O)(=O)N(C)CC(=O)N9CCO[C@@H](c%10ccccc%10)C9)ccc8N8CCCC8)[nH]c7c6)c5)C4)ccc3N3CCCC3)[nH]c2c1. The van der Waals surface area contributed by atoms with Crippen LogP contribution in [0.4, 0.5) is 11.4 Å². The first-order chi connectivity index (χ1) is 39.6. The lowest BCUT2D eigenvalue weighted by molar-refractivity contribution is -0.139. The van der Waals surface area contributed by atoms with Gasteiger partial charge < -0.3 is 39.0 Å². The average molecular weight is 1140 g/mol. The summed E-state index contributed by atoms with van der Waals surface area (Å²) in [5.41, 5.74) is 12.2. The van der Waals surface area contributed by atoms with Crippen LogP contribution in [0.15, 0.2) is 149 Å². The molecule has 2 amide bonds. The van der Waals surface area contributed by atoms with E-state index in [1.165, 1.54) is 14.1 Å². The van der Waals surface area contributed by atoms with E-state index in [2.05, 4.69) is 80.4 Å². The Balaban J connectivity index is 0.717. The number of hydrogen-bond donors (Lipinski definition) is 2. The van der Waals surface area contributed by atoms with Crippen molar-refractivity contribution >= 4 is 65.0 Å². The van der Waals surface area contributed by atoms with Crippen molar-refractivity contribution in [2.24, 2.45) is 0 Å². The zero-order valence-corrected chi connectivity index (χ0v) is 48.4. The van der Waals surface area contributed by atoms with Crippen LogP contribution in [0.1, 0.15) is 65.7 Å². The molecule has 16 nitrogen and oxygen atoms in total. The smallest absolute Gasteiger partial charge is 0.243 e. The van der Waals surface area contributed by atoms with E-state index >= 15 is 0 Å². The highest BCUT2D eigenvalue weighted by atomic mass is 32.2. The third kappa shape index (κ3) is 11.4. The van der Waals surface area contributed by atoms with Crippen LogP contribution in [0.5, 0.6) is 0 Å². The molecule has 0 radical (unpaired) electrons. The second kappa shape index (κ2) is 23.1. The lowest BCUT2D eigenvalue weighted by atomic mass is 9.99. The Labute approximate surface area is 480 Å². The predicted molar refractivity (Wildman–Crippen MR) is 321 cm³/mol. The van der Waals surface area contributed by atoms with E-state index in [0.29, 0.717) is 39.3 Å². The number of rotatable bonds is 16. The molecule has 4 aliphatic heterocycles. The number of carbonyl (C=O) groups excluding carboxylic acids is 2. The van der Waals surface area contributed by atoms with Crippen LogP contribution in [-0.2, 0) is 45.5 Å². The Bertz CT molecular complexity index is 3910. The van der Waals surface area contributed by atoms with Crippen LogP contribution in [-0.4, -0.2) is 150 Å². The van der Waals surface area contributed by atoms with E-state index in [0.717, 1.165) is 144 Å². The molecule has 2 atom stereocenters. The number of amides is 2. The predicted octanol–water partition coefficient (Wildman–Crippen LogP) is 9.52. The summed E-state index contributed by atoms with van der Waals surface area (Å²) in [4.78, 5) is 43.1. The number of sulfonamides is 2. The minimum Gasteiger partial charge on any atom is -0.371 e. The van der Waals surface area contributed by atoms with Gasteiger partial charge >= 0.3 is 0 Å². The Morgan fingerprint density at radius 1 is 0.524 bits per heavy atom. The van der Waals surface area contributed by atoms with Gasteiger partial charge in [-0.3, -0.25) is 9.59 Å². The first kappa shape index (κ1) is 55.2. The molecule has 2 aromatic heterocycles. The van der Waals surface area contributed by atoms with Crippen molar-refractivity contribution in [1.29, 1.82) is 0 Å². The zero-order valence-electron chi connectivity index (χ0n) is 46.7. The molecule has 0 bridgehead atoms. The summed E-state index contributed by atoms with van der Waals surface area (Å²) in [7, 11) is -5.19. The number of aromatic amines is 2. The number of aryl methyl sites for hydroxylation is 1. The minimum absolute atomic E-state index is 0.111. The molecule has 82 heavy (non-hydrogen) atoms. The van der Waals surface area contributed by atoms with Crippen molar-refractivity contribution in [2.75, 3.05) is 103 Å². The molecule has 0 saturated carbocycles. The van der Waals surface area contributed by atoms with Gasteiger partial charge in [0.1, 0.15) is 12.2 Å². The fourth-order valence-electron chi connectivity index (χ4n) is 12.1.